The van der Waals surface area contributed by atoms with Gasteiger partial charge in [-0.2, -0.15) is 5.26 Å². The number of nitriles is 1. The molecule has 0 aliphatic carbocycles. The van der Waals surface area contributed by atoms with Crippen molar-refractivity contribution in [2.24, 2.45) is 0 Å². The van der Waals surface area contributed by atoms with Crippen LogP contribution in [-0.2, 0) is 0 Å². The summed E-state index contributed by atoms with van der Waals surface area (Å²) in [5.74, 6) is -1.36. The molecule has 0 saturated heterocycles. The molecule has 0 radical (unpaired) electrons. The number of nitrogens with zero attached hydrogens (tertiary/aromatic N) is 3. The molecule has 2 heterocycles. The van der Waals surface area contributed by atoms with Gasteiger partial charge in [0.05, 0.1) is 28.4 Å². The molecule has 3 aromatic rings. The molecular weight excluding hydrogens is 283 g/mol. The van der Waals surface area contributed by atoms with E-state index in [9.17, 15) is 9.18 Å². The molecule has 0 bridgehead atoms. The molecular formula is C16H9FN4O. The van der Waals surface area contributed by atoms with Crippen LogP contribution in [0.2, 0.25) is 0 Å². The highest BCUT2D eigenvalue weighted by molar-refractivity contribution is 6.07. The Morgan fingerprint density at radius 2 is 2.05 bits per heavy atom. The van der Waals surface area contributed by atoms with E-state index in [-0.39, 0.29) is 11.1 Å². The maximum Gasteiger partial charge on any atom is 0.258 e. The van der Waals surface area contributed by atoms with Crippen LogP contribution in [0.3, 0.4) is 0 Å². The summed E-state index contributed by atoms with van der Waals surface area (Å²) in [6.07, 6.45) is 3.12. The Morgan fingerprint density at radius 1 is 1.18 bits per heavy atom. The highest BCUT2D eigenvalue weighted by Crippen LogP contribution is 2.20. The van der Waals surface area contributed by atoms with Crippen molar-refractivity contribution in [2.75, 3.05) is 5.32 Å². The van der Waals surface area contributed by atoms with Gasteiger partial charge in [-0.15, -0.1) is 0 Å². The zero-order valence-electron chi connectivity index (χ0n) is 11.2. The molecule has 1 amide bonds. The normalized spacial score (nSPS) is 10.2. The minimum atomic E-state index is -0.747. The topological polar surface area (TPSA) is 78.7 Å². The first-order valence-electron chi connectivity index (χ1n) is 6.40. The average Bonchev–Trinajstić information content (AvgIpc) is 2.55. The number of hydrogen-bond donors (Lipinski definition) is 1. The summed E-state index contributed by atoms with van der Waals surface area (Å²) in [5, 5.41) is 11.3. The number of pyridine rings is 2. The van der Waals surface area contributed by atoms with Crippen LogP contribution in [0.4, 0.5) is 10.1 Å². The molecule has 5 nitrogen and oxygen atoms in total. The van der Waals surface area contributed by atoms with Crippen molar-refractivity contribution >= 4 is 22.6 Å². The van der Waals surface area contributed by atoms with E-state index in [0.717, 1.165) is 6.07 Å². The molecule has 2 aromatic heterocycles. The number of aromatic nitrogens is 2. The first kappa shape index (κ1) is 13.6. The van der Waals surface area contributed by atoms with Gasteiger partial charge in [0, 0.05) is 12.4 Å². The SMILES string of the molecule is N#Cc1ccc(C(=O)Nc2ccnc3cccnc23)c(F)c1. The van der Waals surface area contributed by atoms with Gasteiger partial charge in [0.25, 0.3) is 5.91 Å². The molecule has 0 aliphatic rings. The molecule has 1 N–H and O–H groups in total. The summed E-state index contributed by atoms with van der Waals surface area (Å²) in [6, 6.07) is 10.6. The fraction of sp³-hybridized carbons (Fsp3) is 0. The lowest BCUT2D eigenvalue weighted by Gasteiger charge is -2.08. The summed E-state index contributed by atoms with van der Waals surface area (Å²) in [6.45, 7) is 0. The highest BCUT2D eigenvalue weighted by Gasteiger charge is 2.14. The number of carbonyl (C=O) groups excluding carboxylic acids is 1. The molecule has 0 unspecified atom stereocenters. The van der Waals surface area contributed by atoms with Crippen LogP contribution in [0, 0.1) is 17.1 Å². The van der Waals surface area contributed by atoms with E-state index in [4.69, 9.17) is 5.26 Å². The van der Waals surface area contributed by atoms with E-state index in [0.29, 0.717) is 16.7 Å². The van der Waals surface area contributed by atoms with Gasteiger partial charge in [-0.3, -0.25) is 14.8 Å². The Bertz CT molecular complexity index is 912. The van der Waals surface area contributed by atoms with E-state index in [1.165, 1.54) is 18.3 Å². The average molecular weight is 292 g/mol. The number of nitrogens with one attached hydrogen (secondary N) is 1. The quantitative estimate of drug-likeness (QED) is 0.787. The van der Waals surface area contributed by atoms with E-state index in [1.54, 1.807) is 24.4 Å². The number of halogens is 1. The van der Waals surface area contributed by atoms with Gasteiger partial charge >= 0.3 is 0 Å². The van der Waals surface area contributed by atoms with Crippen LogP contribution in [-0.4, -0.2) is 15.9 Å². The fourth-order valence-corrected chi connectivity index (χ4v) is 2.04. The van der Waals surface area contributed by atoms with E-state index in [1.807, 2.05) is 6.07 Å². The Morgan fingerprint density at radius 3 is 2.82 bits per heavy atom. The lowest BCUT2D eigenvalue weighted by molar-refractivity contribution is 0.102. The number of benzene rings is 1. The van der Waals surface area contributed by atoms with Gasteiger partial charge in [0.15, 0.2) is 0 Å². The minimum Gasteiger partial charge on any atom is -0.320 e. The first-order chi connectivity index (χ1) is 10.7. The van der Waals surface area contributed by atoms with Crippen LogP contribution >= 0.6 is 0 Å². The van der Waals surface area contributed by atoms with Crippen LogP contribution < -0.4 is 5.32 Å². The third kappa shape index (κ3) is 2.47. The molecule has 0 saturated carbocycles. The Kier molecular flexibility index (Phi) is 3.46. The van der Waals surface area contributed by atoms with Gasteiger partial charge in [-0.1, -0.05) is 0 Å². The molecule has 22 heavy (non-hydrogen) atoms. The van der Waals surface area contributed by atoms with Crippen molar-refractivity contribution in [3.05, 3.63) is 65.7 Å². The van der Waals surface area contributed by atoms with Gasteiger partial charge in [0.1, 0.15) is 11.3 Å². The smallest absolute Gasteiger partial charge is 0.258 e. The predicted molar refractivity (Wildman–Crippen MR) is 78.6 cm³/mol. The van der Waals surface area contributed by atoms with Crippen molar-refractivity contribution < 1.29 is 9.18 Å². The molecule has 3 rings (SSSR count). The van der Waals surface area contributed by atoms with E-state index in [2.05, 4.69) is 15.3 Å². The zero-order chi connectivity index (χ0) is 15.5. The predicted octanol–water partition coefficient (Wildman–Crippen LogP) is 2.89. The molecule has 0 atom stereocenters. The van der Waals surface area contributed by atoms with E-state index >= 15 is 0 Å². The number of fused-ring (bicyclic) bond motifs is 1. The second-order valence-electron chi connectivity index (χ2n) is 4.49. The summed E-state index contributed by atoms with van der Waals surface area (Å²) >= 11 is 0. The van der Waals surface area contributed by atoms with Gasteiger partial charge in [-0.25, -0.2) is 4.39 Å². The second kappa shape index (κ2) is 5.58. The maximum atomic E-state index is 13.9. The van der Waals surface area contributed by atoms with E-state index < -0.39 is 11.7 Å². The van der Waals surface area contributed by atoms with Crippen molar-refractivity contribution in [1.82, 2.24) is 9.97 Å². The summed E-state index contributed by atoms with van der Waals surface area (Å²) < 4.78 is 13.9. The Labute approximate surface area is 125 Å². The molecule has 0 aliphatic heterocycles. The minimum absolute atomic E-state index is 0.139. The molecule has 106 valence electrons. The fourth-order valence-electron chi connectivity index (χ4n) is 2.04. The Hall–Kier alpha value is -3.33. The monoisotopic (exact) mass is 292 g/mol. The van der Waals surface area contributed by atoms with Crippen molar-refractivity contribution in [2.45, 2.75) is 0 Å². The van der Waals surface area contributed by atoms with Gasteiger partial charge in [0.2, 0.25) is 0 Å². The molecule has 6 heteroatoms. The summed E-state index contributed by atoms with van der Waals surface area (Å²) in [5.41, 5.74) is 1.61. The zero-order valence-corrected chi connectivity index (χ0v) is 11.2. The van der Waals surface area contributed by atoms with Gasteiger partial charge < -0.3 is 5.32 Å². The lowest BCUT2D eigenvalue weighted by atomic mass is 10.1. The van der Waals surface area contributed by atoms with Crippen molar-refractivity contribution in [3.63, 3.8) is 0 Å². The second-order valence-corrected chi connectivity index (χ2v) is 4.49. The van der Waals surface area contributed by atoms with Crippen molar-refractivity contribution in [3.8, 4) is 6.07 Å². The summed E-state index contributed by atoms with van der Waals surface area (Å²) in [4.78, 5) is 20.5. The first-order valence-corrected chi connectivity index (χ1v) is 6.40. The Balaban J connectivity index is 1.95. The third-order valence-corrected chi connectivity index (χ3v) is 3.09. The van der Waals surface area contributed by atoms with Crippen LogP contribution in [0.15, 0.2) is 48.8 Å². The number of rotatable bonds is 2. The molecule has 1 aromatic carbocycles. The third-order valence-electron chi connectivity index (χ3n) is 3.09. The summed E-state index contributed by atoms with van der Waals surface area (Å²) in [7, 11) is 0. The highest BCUT2D eigenvalue weighted by atomic mass is 19.1. The lowest BCUT2D eigenvalue weighted by Crippen LogP contribution is -2.14. The standard InChI is InChI=1S/C16H9FN4O/c17-12-8-10(9-18)3-4-11(12)16(22)21-14-5-7-19-13-2-1-6-20-15(13)14/h1-8H,(H,19,21,22). The molecule has 0 spiro atoms. The van der Waals surface area contributed by atoms with Crippen LogP contribution in [0.25, 0.3) is 11.0 Å². The molecule has 0 fully saturated rings. The largest absolute Gasteiger partial charge is 0.320 e. The van der Waals surface area contributed by atoms with Crippen LogP contribution in [0.1, 0.15) is 15.9 Å². The number of amides is 1. The van der Waals surface area contributed by atoms with Crippen LogP contribution in [0.5, 0.6) is 0 Å². The van der Waals surface area contributed by atoms with Gasteiger partial charge in [-0.05, 0) is 36.4 Å². The van der Waals surface area contributed by atoms with Crippen molar-refractivity contribution in [1.29, 1.82) is 5.26 Å². The number of hydrogen-bond acceptors (Lipinski definition) is 4. The number of carbonyl (C=O) groups is 1. The maximum absolute atomic E-state index is 13.9. The number of anilines is 1.